The minimum absolute atomic E-state index is 0.159. The predicted octanol–water partition coefficient (Wildman–Crippen LogP) is 19.8. The number of likely N-dealkylation sites (tertiary alicyclic amines) is 2. The number of allylic oxidation sites excluding steroid dienone is 3. The Morgan fingerprint density at radius 3 is 0.948 bits per heavy atom. The van der Waals surface area contributed by atoms with Crippen LogP contribution in [0.2, 0.25) is 0 Å². The zero-order chi connectivity index (χ0) is 68.2. The third-order valence-electron chi connectivity index (χ3n) is 19.7. The van der Waals surface area contributed by atoms with Crippen molar-refractivity contribution in [1.29, 1.82) is 0 Å². The molecule has 97 heavy (non-hydrogen) atoms. The van der Waals surface area contributed by atoms with Crippen LogP contribution in [0.4, 0.5) is 0 Å². The summed E-state index contributed by atoms with van der Waals surface area (Å²) in [5.41, 5.74) is 24.2. The Bertz CT molecular complexity index is 4050. The molecule has 12 rings (SSSR count). The summed E-state index contributed by atoms with van der Waals surface area (Å²) in [5, 5.41) is 19.4. The first-order valence-electron chi connectivity index (χ1n) is 35.0. The van der Waals surface area contributed by atoms with Gasteiger partial charge in [0.2, 0.25) is 0 Å². The average Bonchev–Trinajstić information content (AvgIpc) is 0.809. The maximum Gasteiger partial charge on any atom is 0.305 e. The largest absolute Gasteiger partial charge is 0.508 e. The molecule has 8 heteroatoms. The molecule has 1 aliphatic carbocycles. The van der Waals surface area contributed by atoms with Crippen LogP contribution < -0.4 is 0 Å². The van der Waals surface area contributed by atoms with Crippen molar-refractivity contribution in [2.75, 3.05) is 47.0 Å². The molecular formula is C89H98N2O6. The van der Waals surface area contributed by atoms with Crippen LogP contribution in [-0.4, -0.2) is 91.0 Å². The monoisotopic (exact) mass is 1290 g/mol. The van der Waals surface area contributed by atoms with Gasteiger partial charge in [-0.1, -0.05) is 242 Å². The zero-order valence-electron chi connectivity index (χ0n) is 58.2. The molecule has 2 N–H and O–H groups in total. The summed E-state index contributed by atoms with van der Waals surface area (Å²) in [5.74, 6) is 1.82. The van der Waals surface area contributed by atoms with E-state index >= 15 is 0 Å². The van der Waals surface area contributed by atoms with E-state index in [4.69, 9.17) is 9.47 Å². The number of methoxy groups -OCH3 is 2. The lowest BCUT2D eigenvalue weighted by atomic mass is 9.79. The van der Waals surface area contributed by atoms with E-state index in [-0.39, 0.29) is 24.3 Å². The summed E-state index contributed by atoms with van der Waals surface area (Å²) in [7, 11) is 2.91. The molecule has 0 amide bonds. The fourth-order valence-electron chi connectivity index (χ4n) is 13.5. The molecule has 8 nitrogen and oxygen atoms in total. The van der Waals surface area contributed by atoms with Crippen molar-refractivity contribution in [1.82, 2.24) is 9.80 Å². The van der Waals surface area contributed by atoms with Crippen molar-refractivity contribution in [3.8, 4) is 5.75 Å². The van der Waals surface area contributed by atoms with Crippen LogP contribution in [0.1, 0.15) is 181 Å². The molecule has 0 bridgehead atoms. The van der Waals surface area contributed by atoms with Crippen molar-refractivity contribution in [2.24, 2.45) is 0 Å². The number of aliphatic hydroxyl groups excluding tert-OH is 1. The molecule has 9 aromatic carbocycles. The molecule has 9 aromatic rings. The van der Waals surface area contributed by atoms with E-state index in [1.807, 2.05) is 30.3 Å². The number of aryl methyl sites for hydroxylation is 2. The van der Waals surface area contributed by atoms with Gasteiger partial charge in [0.05, 0.1) is 14.2 Å². The van der Waals surface area contributed by atoms with Crippen LogP contribution in [0.3, 0.4) is 0 Å². The van der Waals surface area contributed by atoms with Crippen molar-refractivity contribution >= 4 is 45.4 Å². The van der Waals surface area contributed by atoms with Crippen molar-refractivity contribution in [2.45, 2.75) is 129 Å². The van der Waals surface area contributed by atoms with E-state index in [0.717, 1.165) is 71.6 Å². The number of aromatic hydroxyl groups is 1. The lowest BCUT2D eigenvalue weighted by Gasteiger charge is -2.42. The number of nitrogens with zero attached hydrogens (tertiary/aromatic N) is 2. The summed E-state index contributed by atoms with van der Waals surface area (Å²) in [4.78, 5) is 29.1. The van der Waals surface area contributed by atoms with Crippen molar-refractivity contribution in [3.05, 3.63) is 314 Å². The zero-order valence-corrected chi connectivity index (χ0v) is 58.2. The van der Waals surface area contributed by atoms with Gasteiger partial charge in [-0.05, 0) is 198 Å². The van der Waals surface area contributed by atoms with Crippen LogP contribution >= 0.6 is 0 Å². The molecule has 3 aliphatic rings. The van der Waals surface area contributed by atoms with Crippen LogP contribution in [0.15, 0.2) is 237 Å². The lowest BCUT2D eigenvalue weighted by Crippen LogP contribution is -2.48. The molecule has 0 aromatic heterocycles. The second-order valence-electron chi connectivity index (χ2n) is 26.9. The summed E-state index contributed by atoms with van der Waals surface area (Å²) in [6, 6.07) is 84.4. The molecule has 0 atom stereocenters. The highest BCUT2D eigenvalue weighted by atomic mass is 16.5. The van der Waals surface area contributed by atoms with E-state index in [0.29, 0.717) is 61.9 Å². The van der Waals surface area contributed by atoms with Gasteiger partial charge in [0.15, 0.2) is 0 Å². The molecule has 0 radical (unpaired) electrons. The van der Waals surface area contributed by atoms with Gasteiger partial charge >= 0.3 is 11.9 Å². The van der Waals surface area contributed by atoms with Gasteiger partial charge in [-0.15, -0.1) is 0 Å². The summed E-state index contributed by atoms with van der Waals surface area (Å²) >= 11 is 0. The summed E-state index contributed by atoms with van der Waals surface area (Å²) < 4.78 is 9.91. The molecule has 3 fully saturated rings. The van der Waals surface area contributed by atoms with Gasteiger partial charge in [0.1, 0.15) is 5.75 Å². The Balaban J connectivity index is 0.000000158. The third kappa shape index (κ3) is 18.7. The van der Waals surface area contributed by atoms with Gasteiger partial charge < -0.3 is 19.7 Å². The first-order valence-corrected chi connectivity index (χ1v) is 35.0. The van der Waals surface area contributed by atoms with Crippen LogP contribution in [0.5, 0.6) is 5.75 Å². The number of benzene rings is 9. The normalized spacial score (nSPS) is 15.0. The average molecular weight is 1290 g/mol. The summed E-state index contributed by atoms with van der Waals surface area (Å²) in [6.07, 6.45) is 7.38. The number of phenols is 1. The van der Waals surface area contributed by atoms with Gasteiger partial charge in [0.25, 0.3) is 0 Å². The highest BCUT2D eigenvalue weighted by molar-refractivity contribution is 6.01. The van der Waals surface area contributed by atoms with Crippen molar-refractivity contribution < 1.29 is 29.3 Å². The van der Waals surface area contributed by atoms with E-state index in [2.05, 4.69) is 245 Å². The maximum atomic E-state index is 12.1. The number of hydrogen-bond acceptors (Lipinski definition) is 8. The number of ether oxygens (including phenoxy) is 2. The second kappa shape index (κ2) is 34.7. The van der Waals surface area contributed by atoms with Gasteiger partial charge in [0, 0.05) is 69.5 Å². The Kier molecular flexibility index (Phi) is 25.2. The maximum absolute atomic E-state index is 12.1. The Morgan fingerprint density at radius 2 is 0.670 bits per heavy atom. The molecule has 0 unspecified atom stereocenters. The number of carbonyl (C=O) groups excluding carboxylic acids is 2. The topological polar surface area (TPSA) is 99.5 Å². The number of esters is 2. The molecule has 1 saturated carbocycles. The highest BCUT2D eigenvalue weighted by Crippen LogP contribution is 2.42. The predicted molar refractivity (Wildman–Crippen MR) is 401 cm³/mol. The van der Waals surface area contributed by atoms with Crippen LogP contribution in [0, 0.1) is 13.8 Å². The Hall–Kier alpha value is -9.18. The van der Waals surface area contributed by atoms with E-state index < -0.39 is 0 Å². The number of phenolic OH excluding ortho intramolecular Hbond substituents is 1. The summed E-state index contributed by atoms with van der Waals surface area (Å²) in [6.45, 7) is 17.9. The van der Waals surface area contributed by atoms with E-state index in [1.165, 1.54) is 106 Å². The van der Waals surface area contributed by atoms with Crippen LogP contribution in [0.25, 0.3) is 33.4 Å². The molecular weight excluding hydrogens is 1190 g/mol. The molecule has 2 aliphatic heterocycles. The Labute approximate surface area is 577 Å². The minimum Gasteiger partial charge on any atom is -0.508 e. The van der Waals surface area contributed by atoms with E-state index in [9.17, 15) is 19.8 Å². The van der Waals surface area contributed by atoms with Crippen LogP contribution in [-0.2, 0) is 19.1 Å². The first-order chi connectivity index (χ1) is 47.2. The molecule has 0 spiro atoms. The standard InChI is InChI=1S/C31H35NO2.C29H33NO2.C29H30O2/c1-22(2)32-20-28(21-32)24-14-16-27(17-15-24)31(26-12-10-23(3)11-13-26)29(18-19-30(33)34-4)25-8-6-5-7-9-25;1-21(2)30-19-26(20-30)22-10-12-24(13-11-22)29(25-14-16-27(32)17-15-25)28(9-6-18-31)23-7-4-3-5-8-23;1-21-11-13-25(14-12-21)29(26-17-15-23(16-18-26)22-9-6-10-22)27(19-20-28(30)31-2)24-7-4-3-5-8-24/h5-17,22,28H,18-21H2,1-4H3;3-5,7-8,10-17,21,26,31-32H,6,9,18-20H2,1-2H3;3-5,7-8,11-18,22H,6,9-10,19-20H2,1-2H3/b31-29-;29-28+;29-27-. The molecule has 500 valence electrons. The van der Waals surface area contributed by atoms with Gasteiger partial charge in [-0.3, -0.25) is 19.4 Å². The lowest BCUT2D eigenvalue weighted by molar-refractivity contribution is -0.141. The number of aliphatic hydroxyl groups is 1. The quantitative estimate of drug-likeness (QED) is 0.0483. The van der Waals surface area contributed by atoms with Crippen molar-refractivity contribution in [3.63, 3.8) is 0 Å². The highest BCUT2D eigenvalue weighted by Gasteiger charge is 2.31. The number of hydrogen-bond donors (Lipinski definition) is 2. The fraction of sp³-hybridized carbons (Fsp3) is 0.303. The number of carbonyl (C=O) groups is 2. The van der Waals surface area contributed by atoms with Gasteiger partial charge in [-0.25, -0.2) is 0 Å². The minimum atomic E-state index is -0.188. The smallest absolute Gasteiger partial charge is 0.305 e. The first kappa shape index (κ1) is 70.6. The van der Waals surface area contributed by atoms with E-state index in [1.54, 1.807) is 12.1 Å². The molecule has 2 saturated heterocycles. The molecule has 2 heterocycles. The number of rotatable bonds is 23. The Morgan fingerprint density at radius 1 is 0.381 bits per heavy atom. The fourth-order valence-corrected chi connectivity index (χ4v) is 13.5. The SMILES string of the molecule is CC(C)N1CC(c2ccc(/C(=C(/CCCO)c3ccccc3)c3ccc(O)cc3)cc2)C1.COC(=O)CC/C(=C(\c1ccc(C)cc1)c1ccc(C2CCC2)cc1)c1ccccc1.COC(=O)CC/C(=C(\c1ccc(C)cc1)c1ccc(C2CN(C(C)C)C2)cc1)c1ccccc1. The van der Waals surface area contributed by atoms with Gasteiger partial charge in [-0.2, -0.15) is 0 Å². The third-order valence-corrected chi connectivity index (χ3v) is 19.7. The second-order valence-corrected chi connectivity index (χ2v) is 26.9.